The second-order valence-electron chi connectivity index (χ2n) is 10.6. The highest BCUT2D eigenvalue weighted by molar-refractivity contribution is 5.81. The van der Waals surface area contributed by atoms with Crippen LogP contribution < -0.4 is 17.4 Å². The van der Waals surface area contributed by atoms with Crippen molar-refractivity contribution < 1.29 is 24.0 Å². The number of hydrogen-bond donors (Lipinski definition) is 3. The summed E-state index contributed by atoms with van der Waals surface area (Å²) in [5.41, 5.74) is 7.98. The van der Waals surface area contributed by atoms with Crippen molar-refractivity contribution in [2.24, 2.45) is 32.6 Å². The van der Waals surface area contributed by atoms with Crippen LogP contribution in [-0.4, -0.2) is 122 Å². The van der Waals surface area contributed by atoms with Gasteiger partial charge < -0.3 is 25.1 Å². The van der Waals surface area contributed by atoms with Gasteiger partial charge in [-0.1, -0.05) is 29.2 Å². The van der Waals surface area contributed by atoms with E-state index in [0.717, 1.165) is 35.2 Å². The molecule has 15 heteroatoms. The van der Waals surface area contributed by atoms with Crippen molar-refractivity contribution in [3.8, 4) is 0 Å². The second-order valence-corrected chi connectivity index (χ2v) is 10.6. The zero-order valence-corrected chi connectivity index (χ0v) is 34.3. The predicted octanol–water partition coefficient (Wildman–Crippen LogP) is 5.71. The molecule has 50 heavy (non-hydrogen) atoms. The SMILES string of the molecule is C.C.C.CC(=O)N(C)N.CC(=O)N(C)N=C(C)C.CC(C)=NN(C)C.CC(C)=O.CC(C)=O.CC(C)=O.CCN.CCN=C(C)C.CN(C)N. The summed E-state index contributed by atoms with van der Waals surface area (Å²) >= 11 is 0. The fourth-order valence-electron chi connectivity index (χ4n) is 1.09. The van der Waals surface area contributed by atoms with Crippen LogP contribution in [0.15, 0.2) is 15.2 Å². The molecule has 2 amide bonds. The van der Waals surface area contributed by atoms with Crippen molar-refractivity contribution in [1.82, 2.24) is 20.0 Å². The number of amides is 2. The zero-order valence-electron chi connectivity index (χ0n) is 34.3. The monoisotopic (exact) mass is 729 g/mol. The Balaban J connectivity index is -0.0000000329. The summed E-state index contributed by atoms with van der Waals surface area (Å²) in [7, 11) is 10.5. The minimum Gasteiger partial charge on any atom is -0.331 e. The second kappa shape index (κ2) is 64.2. The van der Waals surface area contributed by atoms with Crippen molar-refractivity contribution in [1.29, 1.82) is 0 Å². The Bertz CT molecular complexity index is 786. The van der Waals surface area contributed by atoms with Gasteiger partial charge in [0.15, 0.2) is 0 Å². The molecule has 0 spiro atoms. The van der Waals surface area contributed by atoms with Gasteiger partial charge in [-0.15, -0.1) is 0 Å². The standard InChI is InChI=1S/C6H12N2O.C5H12N2.C5H11N.C3H8N2O.3C3H6O.C2H8N2.C2H7N.3CH4/c1-5(2)7-8(4)6(3)9;1-5(2)6-7(3)4;1-4-6-5(2)3;1-3(6)5(2)4;3*1-3(2)4;1-4(2)3;1-2-3;;;/h1-4H3;1-4H3;4H2,1-3H3;4H2,1-2H3;3*1-2H3;3H2,1-2H3;2-3H2,1H3;3*1H4. The smallest absolute Gasteiger partial charge is 0.239 e. The van der Waals surface area contributed by atoms with Crippen LogP contribution in [-0.2, 0) is 24.0 Å². The molecular formula is C35H88N10O5. The van der Waals surface area contributed by atoms with Gasteiger partial charge in [0.25, 0.3) is 0 Å². The maximum Gasteiger partial charge on any atom is 0.239 e. The Morgan fingerprint density at radius 1 is 0.500 bits per heavy atom. The summed E-state index contributed by atoms with van der Waals surface area (Å²) in [6.07, 6.45) is 0. The summed E-state index contributed by atoms with van der Waals surface area (Å²) in [5.74, 6) is 10.2. The number of carbonyl (C=O) groups is 5. The van der Waals surface area contributed by atoms with Crippen LogP contribution in [0.4, 0.5) is 0 Å². The van der Waals surface area contributed by atoms with E-state index in [2.05, 4.69) is 15.2 Å². The maximum absolute atomic E-state index is 10.5. The van der Waals surface area contributed by atoms with Gasteiger partial charge in [0, 0.05) is 79.8 Å². The van der Waals surface area contributed by atoms with Gasteiger partial charge in [-0.25, -0.2) is 10.9 Å². The highest BCUT2D eigenvalue weighted by Crippen LogP contribution is 1.85. The third kappa shape index (κ3) is 348. The van der Waals surface area contributed by atoms with Crippen LogP contribution in [0.5, 0.6) is 0 Å². The molecule has 0 aliphatic heterocycles. The topological polar surface area (TPSA) is 213 Å². The van der Waals surface area contributed by atoms with Crippen LogP contribution in [0.1, 0.15) is 133 Å². The molecule has 0 unspecified atom stereocenters. The Morgan fingerprint density at radius 3 is 0.720 bits per heavy atom. The molecular weight excluding hydrogens is 640 g/mol. The molecule has 0 aliphatic carbocycles. The van der Waals surface area contributed by atoms with Crippen molar-refractivity contribution in [3.63, 3.8) is 0 Å². The van der Waals surface area contributed by atoms with E-state index in [1.807, 2.05) is 69.5 Å². The summed E-state index contributed by atoms with van der Waals surface area (Å²) in [4.78, 5) is 52.8. The van der Waals surface area contributed by atoms with Gasteiger partial charge in [-0.2, -0.15) is 10.2 Å². The third-order valence-corrected chi connectivity index (χ3v) is 2.18. The molecule has 0 saturated heterocycles. The van der Waals surface area contributed by atoms with Gasteiger partial charge in [0.05, 0.1) is 0 Å². The Labute approximate surface area is 311 Å². The quantitative estimate of drug-likeness (QED) is 0.139. The first-order valence-electron chi connectivity index (χ1n) is 14.9. The average Bonchev–Trinajstić information content (AvgIpc) is 2.77. The molecule has 0 radical (unpaired) electrons. The molecule has 308 valence electrons. The number of aliphatic imine (C=N–C) groups is 1. The van der Waals surface area contributed by atoms with E-state index in [4.69, 9.17) is 17.4 Å². The van der Waals surface area contributed by atoms with E-state index in [9.17, 15) is 24.0 Å². The molecule has 15 nitrogen and oxygen atoms in total. The molecule has 0 aromatic rings. The highest BCUT2D eigenvalue weighted by atomic mass is 16.2. The van der Waals surface area contributed by atoms with Crippen LogP contribution >= 0.6 is 0 Å². The van der Waals surface area contributed by atoms with Crippen molar-refractivity contribution in [3.05, 3.63) is 0 Å². The predicted molar refractivity (Wildman–Crippen MR) is 224 cm³/mol. The first-order valence-corrected chi connectivity index (χ1v) is 14.9. The lowest BCUT2D eigenvalue weighted by Gasteiger charge is -2.06. The highest BCUT2D eigenvalue weighted by Gasteiger charge is 1.96. The van der Waals surface area contributed by atoms with E-state index in [1.54, 1.807) is 26.2 Å². The number of carbonyl (C=O) groups excluding carboxylic acids is 5. The number of nitrogens with two attached hydrogens (primary N) is 3. The lowest BCUT2D eigenvalue weighted by atomic mass is 10.5. The normalized spacial score (nSPS) is 7.16. The van der Waals surface area contributed by atoms with Gasteiger partial charge in [0.2, 0.25) is 11.8 Å². The number of hydrogen-bond acceptors (Lipinski definition) is 13. The molecule has 6 N–H and O–H groups in total. The van der Waals surface area contributed by atoms with Crippen LogP contribution in [0.25, 0.3) is 0 Å². The molecule has 0 aliphatic rings. The zero-order chi connectivity index (χ0) is 40.5. The lowest BCUT2D eigenvalue weighted by molar-refractivity contribution is -0.128. The number of hydrazone groups is 2. The maximum atomic E-state index is 10.5. The molecule has 0 atom stereocenters. The fourth-order valence-corrected chi connectivity index (χ4v) is 1.09. The van der Waals surface area contributed by atoms with Crippen LogP contribution in [0, 0.1) is 0 Å². The van der Waals surface area contributed by atoms with E-state index < -0.39 is 0 Å². The first kappa shape index (κ1) is 80.9. The Kier molecular flexibility index (Phi) is 104. The molecule has 0 rings (SSSR count). The molecule has 0 saturated carbocycles. The van der Waals surface area contributed by atoms with Crippen molar-refractivity contribution in [2.45, 2.75) is 133 Å². The number of rotatable bonds is 3. The Morgan fingerprint density at radius 2 is 0.700 bits per heavy atom. The number of nitrogens with zero attached hydrogens (tertiary/aromatic N) is 7. The lowest BCUT2D eigenvalue weighted by Crippen LogP contribution is -2.30. The van der Waals surface area contributed by atoms with E-state index >= 15 is 0 Å². The van der Waals surface area contributed by atoms with Crippen molar-refractivity contribution >= 4 is 46.3 Å². The van der Waals surface area contributed by atoms with Crippen LogP contribution in [0.2, 0.25) is 0 Å². The molecule has 0 fully saturated rings. The van der Waals surface area contributed by atoms with E-state index in [1.165, 1.54) is 72.5 Å². The van der Waals surface area contributed by atoms with E-state index in [0.29, 0.717) is 0 Å². The summed E-state index contributed by atoms with van der Waals surface area (Å²) in [6.45, 7) is 29.3. The van der Waals surface area contributed by atoms with Gasteiger partial charge >= 0.3 is 0 Å². The minimum absolute atomic E-state index is 0. The number of hydrazine groups is 2. The molecule has 0 aromatic carbocycles. The largest absolute Gasteiger partial charge is 0.331 e. The van der Waals surface area contributed by atoms with Crippen LogP contribution in [0.3, 0.4) is 0 Å². The average molecular weight is 729 g/mol. The summed E-state index contributed by atoms with van der Waals surface area (Å²) in [5, 5.41) is 13.5. The van der Waals surface area contributed by atoms with Crippen molar-refractivity contribution in [2.75, 3.05) is 55.4 Å². The number of Topliss-reactive ketones (excluding diaryl/α,β-unsaturated/α-hetero) is 3. The Hall–Kier alpha value is -3.40. The third-order valence-electron chi connectivity index (χ3n) is 2.18. The minimum atomic E-state index is -0.130. The van der Waals surface area contributed by atoms with E-state index in [-0.39, 0.29) is 51.4 Å². The van der Waals surface area contributed by atoms with Gasteiger partial charge in [-0.05, 0) is 96.6 Å². The van der Waals surface area contributed by atoms with Gasteiger partial charge in [0.1, 0.15) is 17.3 Å². The first-order chi connectivity index (χ1) is 20.9. The summed E-state index contributed by atoms with van der Waals surface area (Å²) < 4.78 is 0. The summed E-state index contributed by atoms with van der Waals surface area (Å²) in [6, 6.07) is 0. The fraction of sp³-hybridized carbons (Fsp3) is 0.771. The number of ketones is 3. The molecule has 0 aromatic heterocycles. The molecule has 0 heterocycles. The molecule has 0 bridgehead atoms. The van der Waals surface area contributed by atoms with Gasteiger partial charge in [-0.3, -0.25) is 30.4 Å².